The lowest BCUT2D eigenvalue weighted by Gasteiger charge is -2.26. The molecule has 30 heavy (non-hydrogen) atoms. The maximum Gasteiger partial charge on any atom is 0.338 e. The van der Waals surface area contributed by atoms with E-state index >= 15 is 0 Å². The molecule has 0 unspecified atom stereocenters. The maximum absolute atomic E-state index is 13.0. The number of rotatable bonds is 6. The second-order valence-corrected chi connectivity index (χ2v) is 9.90. The minimum Gasteiger partial charge on any atom is -0.452 e. The van der Waals surface area contributed by atoms with Crippen molar-refractivity contribution >= 4 is 43.5 Å². The van der Waals surface area contributed by atoms with Crippen LogP contribution in [0.1, 0.15) is 35.2 Å². The van der Waals surface area contributed by atoms with E-state index < -0.39 is 28.5 Å². The van der Waals surface area contributed by atoms with E-state index in [2.05, 4.69) is 21.2 Å². The molecule has 1 heterocycles. The van der Waals surface area contributed by atoms with Crippen LogP contribution in [0.3, 0.4) is 0 Å². The highest BCUT2D eigenvalue weighted by Gasteiger charge is 2.28. The number of esters is 1. The maximum atomic E-state index is 13.0. The second-order valence-electron chi connectivity index (χ2n) is 7.08. The Balaban J connectivity index is 1.67. The number of carbonyl (C=O) groups excluding carboxylic acids is 2. The molecule has 1 aliphatic heterocycles. The summed E-state index contributed by atoms with van der Waals surface area (Å²) in [6.45, 7) is 2.17. The Labute approximate surface area is 184 Å². The number of ether oxygens (including phenoxy) is 1. The summed E-state index contributed by atoms with van der Waals surface area (Å²) < 4.78 is 33.3. The van der Waals surface area contributed by atoms with Crippen LogP contribution in [0.5, 0.6) is 0 Å². The highest BCUT2D eigenvalue weighted by atomic mass is 79.9. The summed E-state index contributed by atoms with van der Waals surface area (Å²) in [5.74, 6) is -1.25. The zero-order valence-electron chi connectivity index (χ0n) is 16.6. The predicted octanol–water partition coefficient (Wildman–Crippen LogP) is 3.73. The lowest BCUT2D eigenvalue weighted by atomic mass is 10.1. The summed E-state index contributed by atoms with van der Waals surface area (Å²) in [5, 5.41) is 2.63. The minimum absolute atomic E-state index is 0.0893. The third-order valence-electron chi connectivity index (χ3n) is 4.80. The molecule has 0 radical (unpaired) electrons. The van der Waals surface area contributed by atoms with Crippen molar-refractivity contribution in [3.05, 3.63) is 58.1 Å². The van der Waals surface area contributed by atoms with Gasteiger partial charge in [0, 0.05) is 23.2 Å². The number of piperidine rings is 1. The SMILES string of the molecule is Cc1ccc(C(=O)OCC(=O)Nc2cccc(Br)c2)cc1S(=O)(=O)N1CCCCC1. The van der Waals surface area contributed by atoms with Crippen molar-refractivity contribution < 1.29 is 22.7 Å². The van der Waals surface area contributed by atoms with Crippen LogP contribution in [-0.2, 0) is 19.6 Å². The van der Waals surface area contributed by atoms with Crippen molar-refractivity contribution in [2.45, 2.75) is 31.1 Å². The number of anilines is 1. The molecule has 3 rings (SSSR count). The predicted molar refractivity (Wildman–Crippen MR) is 117 cm³/mol. The number of sulfonamides is 1. The van der Waals surface area contributed by atoms with E-state index in [1.165, 1.54) is 16.4 Å². The van der Waals surface area contributed by atoms with Crippen LogP contribution < -0.4 is 5.32 Å². The molecule has 1 saturated heterocycles. The normalized spacial score (nSPS) is 14.9. The Hall–Kier alpha value is -2.23. The first-order chi connectivity index (χ1) is 14.3. The van der Waals surface area contributed by atoms with Gasteiger partial charge in [-0.2, -0.15) is 4.31 Å². The van der Waals surface area contributed by atoms with Gasteiger partial charge in [-0.1, -0.05) is 34.5 Å². The lowest BCUT2D eigenvalue weighted by Crippen LogP contribution is -2.36. The van der Waals surface area contributed by atoms with Gasteiger partial charge in [0.15, 0.2) is 6.61 Å². The van der Waals surface area contributed by atoms with Gasteiger partial charge in [0.2, 0.25) is 10.0 Å². The third kappa shape index (κ3) is 5.47. The number of nitrogens with zero attached hydrogens (tertiary/aromatic N) is 1. The molecule has 0 aromatic heterocycles. The molecule has 2 aromatic rings. The van der Waals surface area contributed by atoms with Crippen LogP contribution in [0, 0.1) is 6.92 Å². The zero-order valence-corrected chi connectivity index (χ0v) is 19.0. The molecule has 0 saturated carbocycles. The smallest absolute Gasteiger partial charge is 0.338 e. The quantitative estimate of drug-likeness (QED) is 0.617. The summed E-state index contributed by atoms with van der Waals surface area (Å²) in [7, 11) is -3.68. The van der Waals surface area contributed by atoms with E-state index in [1.807, 2.05) is 6.07 Å². The van der Waals surface area contributed by atoms with E-state index in [0.717, 1.165) is 23.7 Å². The van der Waals surface area contributed by atoms with Crippen molar-refractivity contribution in [3.63, 3.8) is 0 Å². The van der Waals surface area contributed by atoms with Crippen LogP contribution >= 0.6 is 15.9 Å². The Morgan fingerprint density at radius 3 is 2.53 bits per heavy atom. The largest absolute Gasteiger partial charge is 0.452 e. The van der Waals surface area contributed by atoms with Gasteiger partial charge in [0.05, 0.1) is 10.5 Å². The Morgan fingerprint density at radius 2 is 1.83 bits per heavy atom. The number of hydrogen-bond donors (Lipinski definition) is 1. The molecule has 9 heteroatoms. The number of hydrogen-bond acceptors (Lipinski definition) is 5. The minimum atomic E-state index is -3.68. The molecule has 1 fully saturated rings. The van der Waals surface area contributed by atoms with E-state index in [9.17, 15) is 18.0 Å². The third-order valence-corrected chi connectivity index (χ3v) is 7.33. The summed E-state index contributed by atoms with van der Waals surface area (Å²) in [6, 6.07) is 11.4. The number of amides is 1. The number of halogens is 1. The van der Waals surface area contributed by atoms with Crippen LogP contribution in [-0.4, -0.2) is 44.3 Å². The van der Waals surface area contributed by atoms with Gasteiger partial charge in [-0.25, -0.2) is 13.2 Å². The fourth-order valence-corrected chi connectivity index (χ4v) is 5.39. The topological polar surface area (TPSA) is 92.8 Å². The molecule has 0 aliphatic carbocycles. The average molecular weight is 495 g/mol. The monoisotopic (exact) mass is 494 g/mol. The van der Waals surface area contributed by atoms with Gasteiger partial charge in [0.25, 0.3) is 5.91 Å². The fourth-order valence-electron chi connectivity index (χ4n) is 3.23. The first-order valence-electron chi connectivity index (χ1n) is 9.61. The molecule has 2 aromatic carbocycles. The molecule has 1 amide bonds. The average Bonchev–Trinajstić information content (AvgIpc) is 2.73. The van der Waals surface area contributed by atoms with Gasteiger partial charge in [-0.05, 0) is 55.7 Å². The summed E-state index contributed by atoms with van der Waals surface area (Å²) in [4.78, 5) is 24.5. The van der Waals surface area contributed by atoms with Gasteiger partial charge < -0.3 is 10.1 Å². The molecular weight excluding hydrogens is 472 g/mol. The van der Waals surface area contributed by atoms with Gasteiger partial charge in [0.1, 0.15) is 0 Å². The van der Waals surface area contributed by atoms with Crippen molar-refractivity contribution in [1.29, 1.82) is 0 Å². The van der Waals surface area contributed by atoms with Crippen LogP contribution in [0.4, 0.5) is 5.69 Å². The molecule has 0 bridgehead atoms. The fraction of sp³-hybridized carbons (Fsp3) is 0.333. The molecule has 160 valence electrons. The van der Waals surface area contributed by atoms with Crippen LogP contribution in [0.15, 0.2) is 51.8 Å². The van der Waals surface area contributed by atoms with Crippen molar-refractivity contribution in [2.24, 2.45) is 0 Å². The van der Waals surface area contributed by atoms with Crippen molar-refractivity contribution in [1.82, 2.24) is 4.31 Å². The van der Waals surface area contributed by atoms with Crippen LogP contribution in [0.2, 0.25) is 0 Å². The summed E-state index contributed by atoms with van der Waals surface area (Å²) in [6.07, 6.45) is 2.67. The summed E-state index contributed by atoms with van der Waals surface area (Å²) >= 11 is 3.31. The van der Waals surface area contributed by atoms with E-state index in [-0.39, 0.29) is 10.5 Å². The number of carbonyl (C=O) groups is 2. The van der Waals surface area contributed by atoms with Gasteiger partial charge in [-0.3, -0.25) is 4.79 Å². The Kier molecular flexibility index (Phi) is 7.27. The second kappa shape index (κ2) is 9.72. The Morgan fingerprint density at radius 1 is 1.10 bits per heavy atom. The molecule has 0 spiro atoms. The molecule has 7 nitrogen and oxygen atoms in total. The van der Waals surface area contributed by atoms with Gasteiger partial charge in [-0.15, -0.1) is 0 Å². The van der Waals surface area contributed by atoms with Crippen LogP contribution in [0.25, 0.3) is 0 Å². The molecular formula is C21H23BrN2O5S. The molecule has 1 aliphatic rings. The highest BCUT2D eigenvalue weighted by Crippen LogP contribution is 2.24. The highest BCUT2D eigenvalue weighted by molar-refractivity contribution is 9.10. The van der Waals surface area contributed by atoms with Crippen molar-refractivity contribution in [3.8, 4) is 0 Å². The standard InChI is InChI=1S/C21H23BrN2O5S/c1-15-8-9-16(12-19(15)30(27,28)24-10-3-2-4-11-24)21(26)29-14-20(25)23-18-7-5-6-17(22)13-18/h5-9,12-13H,2-4,10-11,14H2,1H3,(H,23,25). The number of benzene rings is 2. The van der Waals surface area contributed by atoms with E-state index in [0.29, 0.717) is 24.3 Å². The van der Waals surface area contributed by atoms with Crippen molar-refractivity contribution in [2.75, 3.05) is 25.0 Å². The Bertz CT molecular complexity index is 1050. The van der Waals surface area contributed by atoms with E-state index in [1.54, 1.807) is 31.2 Å². The first kappa shape index (κ1) is 22.5. The van der Waals surface area contributed by atoms with E-state index in [4.69, 9.17) is 4.74 Å². The number of nitrogens with one attached hydrogen (secondary N) is 1. The lowest BCUT2D eigenvalue weighted by molar-refractivity contribution is -0.119. The first-order valence-corrected chi connectivity index (χ1v) is 11.8. The molecule has 1 N–H and O–H groups in total. The zero-order chi connectivity index (χ0) is 21.7. The number of aryl methyl sites for hydroxylation is 1. The van der Waals surface area contributed by atoms with Gasteiger partial charge >= 0.3 is 5.97 Å². The molecule has 0 atom stereocenters. The summed E-state index contributed by atoms with van der Waals surface area (Å²) in [5.41, 5.74) is 1.21.